The van der Waals surface area contributed by atoms with Crippen LogP contribution >= 0.6 is 11.6 Å². The van der Waals surface area contributed by atoms with E-state index in [-0.39, 0.29) is 11.9 Å². The molecule has 0 amide bonds. The molecule has 0 N–H and O–H groups in total. The highest BCUT2D eigenvalue weighted by molar-refractivity contribution is 6.30. The molecule has 31 heavy (non-hydrogen) atoms. The summed E-state index contributed by atoms with van der Waals surface area (Å²) < 4.78 is 24.5. The number of rotatable bonds is 3. The van der Waals surface area contributed by atoms with Gasteiger partial charge in [-0.2, -0.15) is 5.10 Å². The molecule has 0 aliphatic carbocycles. The van der Waals surface area contributed by atoms with Gasteiger partial charge in [-0.25, -0.2) is 14.2 Å². The highest BCUT2D eigenvalue weighted by Crippen LogP contribution is 2.48. The Morgan fingerprint density at radius 3 is 2.58 bits per heavy atom. The highest BCUT2D eigenvalue weighted by Gasteiger charge is 2.41. The molecule has 0 saturated carbocycles. The van der Waals surface area contributed by atoms with E-state index in [1.165, 1.54) is 19.2 Å². The lowest BCUT2D eigenvalue weighted by atomic mass is 9.96. The van der Waals surface area contributed by atoms with Crippen LogP contribution in [0, 0.1) is 5.82 Å². The molecule has 7 heteroatoms. The monoisotopic (exact) mass is 436 g/mol. The van der Waals surface area contributed by atoms with Crippen LogP contribution < -0.4 is 4.74 Å². The zero-order chi connectivity index (χ0) is 21.5. The highest BCUT2D eigenvalue weighted by atomic mass is 35.5. The quantitative estimate of drug-likeness (QED) is 0.508. The van der Waals surface area contributed by atoms with Crippen molar-refractivity contribution >= 4 is 23.3 Å². The average molecular weight is 437 g/mol. The van der Waals surface area contributed by atoms with Crippen molar-refractivity contribution < 1.29 is 18.7 Å². The first-order chi connectivity index (χ1) is 15.0. The van der Waals surface area contributed by atoms with Crippen LogP contribution in [0.15, 0.2) is 71.8 Å². The number of nitrogens with zero attached hydrogens (tertiary/aromatic N) is 2. The van der Waals surface area contributed by atoms with Crippen LogP contribution in [0.2, 0.25) is 5.02 Å². The molecule has 0 bridgehead atoms. The third kappa shape index (κ3) is 3.53. The number of methoxy groups -OCH3 is 1. The Bertz CT molecular complexity index is 1180. The molecule has 5 rings (SSSR count). The zero-order valence-electron chi connectivity index (χ0n) is 16.6. The molecule has 0 fully saturated rings. The van der Waals surface area contributed by atoms with Gasteiger partial charge in [0.1, 0.15) is 11.6 Å². The van der Waals surface area contributed by atoms with E-state index in [1.807, 2.05) is 29.3 Å². The van der Waals surface area contributed by atoms with Gasteiger partial charge in [-0.05, 0) is 48.0 Å². The summed E-state index contributed by atoms with van der Waals surface area (Å²) in [6.07, 6.45) is 0.155. The Balaban J connectivity index is 1.55. The van der Waals surface area contributed by atoms with Crippen molar-refractivity contribution in [2.45, 2.75) is 18.7 Å². The minimum Gasteiger partial charge on any atom is -0.465 e. The Morgan fingerprint density at radius 1 is 1.13 bits per heavy atom. The van der Waals surface area contributed by atoms with Gasteiger partial charge >= 0.3 is 5.97 Å². The van der Waals surface area contributed by atoms with Crippen molar-refractivity contribution in [2.24, 2.45) is 5.10 Å². The summed E-state index contributed by atoms with van der Waals surface area (Å²) in [5.41, 5.74) is 3.97. The second-order valence-electron chi connectivity index (χ2n) is 7.42. The summed E-state index contributed by atoms with van der Waals surface area (Å²) in [6, 6.07) is 18.9. The Labute approximate surface area is 183 Å². The van der Waals surface area contributed by atoms with Gasteiger partial charge in [0.25, 0.3) is 0 Å². The van der Waals surface area contributed by atoms with Gasteiger partial charge in [-0.3, -0.25) is 0 Å². The Morgan fingerprint density at radius 2 is 1.87 bits per heavy atom. The molecule has 0 aromatic heterocycles. The standard InChI is InChI=1S/C24H18ClFN2O3/c1-30-24(29)16-4-2-15(3-5-16)23-28-21(19-12-17(25)8-11-22(19)31-23)13-20(27-28)14-6-9-18(26)10-7-14/h2-12,21,23H,13H2,1H3. The van der Waals surface area contributed by atoms with Crippen LogP contribution in [-0.4, -0.2) is 23.8 Å². The third-order valence-electron chi connectivity index (χ3n) is 5.55. The van der Waals surface area contributed by atoms with Crippen LogP contribution in [0.5, 0.6) is 5.75 Å². The predicted molar refractivity (Wildman–Crippen MR) is 115 cm³/mol. The molecular formula is C24H18ClFN2O3. The number of carbonyl (C=O) groups is 1. The van der Waals surface area contributed by atoms with Gasteiger partial charge in [-0.15, -0.1) is 0 Å². The fraction of sp³-hybridized carbons (Fsp3) is 0.167. The summed E-state index contributed by atoms with van der Waals surface area (Å²) in [7, 11) is 1.35. The van der Waals surface area contributed by atoms with Crippen molar-refractivity contribution in [3.8, 4) is 5.75 Å². The maximum Gasteiger partial charge on any atom is 0.337 e. The van der Waals surface area contributed by atoms with Crippen LogP contribution in [0.25, 0.3) is 0 Å². The fourth-order valence-corrected chi connectivity index (χ4v) is 4.18. The summed E-state index contributed by atoms with van der Waals surface area (Å²) >= 11 is 6.26. The van der Waals surface area contributed by atoms with Gasteiger partial charge in [0.15, 0.2) is 0 Å². The van der Waals surface area contributed by atoms with Crippen molar-refractivity contribution in [3.05, 3.63) is 99.8 Å². The number of benzene rings is 3. The molecule has 0 spiro atoms. The molecular weight excluding hydrogens is 419 g/mol. The first kappa shape index (κ1) is 19.6. The fourth-order valence-electron chi connectivity index (χ4n) is 4.00. The van der Waals surface area contributed by atoms with E-state index in [1.54, 1.807) is 30.3 Å². The Kier molecular flexibility index (Phi) is 4.87. The molecule has 2 atom stereocenters. The number of hydrogen-bond donors (Lipinski definition) is 0. The van der Waals surface area contributed by atoms with Crippen molar-refractivity contribution in [2.75, 3.05) is 7.11 Å². The topological polar surface area (TPSA) is 51.1 Å². The average Bonchev–Trinajstić information content (AvgIpc) is 3.24. The van der Waals surface area contributed by atoms with E-state index in [2.05, 4.69) is 0 Å². The van der Waals surface area contributed by atoms with Crippen molar-refractivity contribution in [1.29, 1.82) is 0 Å². The number of carbonyl (C=O) groups excluding carboxylic acids is 1. The van der Waals surface area contributed by atoms with E-state index in [9.17, 15) is 9.18 Å². The maximum absolute atomic E-state index is 13.4. The first-order valence-electron chi connectivity index (χ1n) is 9.79. The van der Waals surface area contributed by atoms with E-state index < -0.39 is 12.2 Å². The van der Waals surface area contributed by atoms with Crippen molar-refractivity contribution in [3.63, 3.8) is 0 Å². The van der Waals surface area contributed by atoms with Gasteiger partial charge in [0.2, 0.25) is 6.23 Å². The third-order valence-corrected chi connectivity index (χ3v) is 5.78. The molecule has 3 aromatic carbocycles. The van der Waals surface area contributed by atoms with Gasteiger partial charge in [0.05, 0.1) is 24.4 Å². The number of ether oxygens (including phenoxy) is 2. The molecule has 0 saturated heterocycles. The minimum absolute atomic E-state index is 0.0761. The van der Waals surface area contributed by atoms with Crippen LogP contribution in [0.3, 0.4) is 0 Å². The zero-order valence-corrected chi connectivity index (χ0v) is 17.3. The van der Waals surface area contributed by atoms with Gasteiger partial charge in [-0.1, -0.05) is 35.9 Å². The van der Waals surface area contributed by atoms with Gasteiger partial charge in [0, 0.05) is 22.6 Å². The second-order valence-corrected chi connectivity index (χ2v) is 7.86. The molecule has 156 valence electrons. The van der Waals surface area contributed by atoms with Crippen LogP contribution in [0.4, 0.5) is 4.39 Å². The molecule has 5 nitrogen and oxygen atoms in total. The number of hydrogen-bond acceptors (Lipinski definition) is 5. The molecule has 2 unspecified atom stereocenters. The second kappa shape index (κ2) is 7.71. The first-order valence-corrected chi connectivity index (χ1v) is 10.2. The van der Waals surface area contributed by atoms with E-state index >= 15 is 0 Å². The molecule has 2 heterocycles. The number of esters is 1. The van der Waals surface area contributed by atoms with E-state index in [4.69, 9.17) is 26.2 Å². The molecule has 2 aliphatic rings. The maximum atomic E-state index is 13.4. The van der Waals surface area contributed by atoms with Gasteiger partial charge < -0.3 is 9.47 Å². The molecule has 3 aromatic rings. The largest absolute Gasteiger partial charge is 0.465 e. The summed E-state index contributed by atoms with van der Waals surface area (Å²) in [6.45, 7) is 0. The van der Waals surface area contributed by atoms with E-state index in [0.29, 0.717) is 17.0 Å². The Hall–Kier alpha value is -3.38. The van der Waals surface area contributed by atoms with Crippen LogP contribution in [-0.2, 0) is 4.74 Å². The molecule has 0 radical (unpaired) electrons. The molecule has 2 aliphatic heterocycles. The predicted octanol–water partition coefficient (Wildman–Crippen LogP) is 5.51. The summed E-state index contributed by atoms with van der Waals surface area (Å²) in [5.74, 6) is 0.0547. The lowest BCUT2D eigenvalue weighted by Gasteiger charge is -2.38. The number of hydrazone groups is 1. The summed E-state index contributed by atoms with van der Waals surface area (Å²) in [4.78, 5) is 11.8. The smallest absolute Gasteiger partial charge is 0.337 e. The van der Waals surface area contributed by atoms with Crippen molar-refractivity contribution in [1.82, 2.24) is 5.01 Å². The SMILES string of the molecule is COC(=O)c1ccc(C2Oc3ccc(Cl)cc3C3CC(c4ccc(F)cc4)=NN32)cc1. The lowest BCUT2D eigenvalue weighted by molar-refractivity contribution is -0.0190. The normalized spacial score (nSPS) is 19.2. The number of halogens is 2. The van der Waals surface area contributed by atoms with E-state index in [0.717, 1.165) is 28.2 Å². The van der Waals surface area contributed by atoms with Crippen LogP contribution in [0.1, 0.15) is 45.7 Å². The lowest BCUT2D eigenvalue weighted by Crippen LogP contribution is -2.33. The minimum atomic E-state index is -0.483. The number of fused-ring (bicyclic) bond motifs is 3. The summed E-state index contributed by atoms with van der Waals surface area (Å²) in [5, 5.41) is 7.37.